The van der Waals surface area contributed by atoms with E-state index < -0.39 is 21.4 Å². The zero-order valence-electron chi connectivity index (χ0n) is 15.6. The fourth-order valence-corrected chi connectivity index (χ4v) is 2.58. The Labute approximate surface area is 163 Å². The molecule has 0 aromatic carbocycles. The second-order valence-electron chi connectivity index (χ2n) is 5.16. The van der Waals surface area contributed by atoms with Crippen molar-refractivity contribution in [2.45, 2.75) is 78.1 Å². The van der Waals surface area contributed by atoms with E-state index in [1.807, 2.05) is 0 Å². The predicted molar refractivity (Wildman–Crippen MR) is 85.0 cm³/mol. The molecule has 0 amide bonds. The van der Waals surface area contributed by atoms with Crippen LogP contribution in [0.3, 0.4) is 0 Å². The van der Waals surface area contributed by atoms with E-state index in [-0.39, 0.29) is 44.0 Å². The molecule has 0 saturated carbocycles. The van der Waals surface area contributed by atoms with Gasteiger partial charge in [0, 0.05) is 6.42 Å². The van der Waals surface area contributed by atoms with Crippen LogP contribution in [0.4, 0.5) is 4.79 Å². The van der Waals surface area contributed by atoms with E-state index >= 15 is 0 Å². The summed E-state index contributed by atoms with van der Waals surface area (Å²) >= 11 is 0. The fourth-order valence-electron chi connectivity index (χ4n) is 1.98. The molecule has 0 atom stereocenters. The molecule has 0 saturated heterocycles. The van der Waals surface area contributed by atoms with E-state index in [4.69, 9.17) is 0 Å². The molecule has 23 heavy (non-hydrogen) atoms. The molecular weight excluding hydrogens is 331 g/mol. The van der Waals surface area contributed by atoms with E-state index in [2.05, 4.69) is 15.8 Å². The molecule has 0 aliphatic heterocycles. The molecule has 132 valence electrons. The van der Waals surface area contributed by atoms with Gasteiger partial charge < -0.3 is 6.16 Å². The zero-order chi connectivity index (χ0) is 16.8. The number of hydrogen-bond donors (Lipinski definition) is 0. The maximum Gasteiger partial charge on any atom is 1.00 e. The van der Waals surface area contributed by atoms with Crippen molar-refractivity contribution in [1.29, 1.82) is 0 Å². The maximum atomic E-state index is 11.3. The summed E-state index contributed by atoms with van der Waals surface area (Å²) in [4.78, 5) is 22.5. The molecule has 0 aliphatic rings. The van der Waals surface area contributed by atoms with Gasteiger partial charge in [0.2, 0.25) is 0 Å². The van der Waals surface area contributed by atoms with Gasteiger partial charge in [-0.15, -0.1) is 0 Å². The maximum absolute atomic E-state index is 11.3. The minimum Gasteiger partial charge on any atom is -1.00 e. The van der Waals surface area contributed by atoms with E-state index in [1.165, 1.54) is 39.0 Å². The molecule has 0 bridgehead atoms. The normalized spacial score (nSPS) is 10.9. The van der Waals surface area contributed by atoms with Gasteiger partial charge in [0.05, 0.1) is 6.61 Å². The van der Waals surface area contributed by atoms with Crippen molar-refractivity contribution in [2.24, 2.45) is 0 Å². The van der Waals surface area contributed by atoms with Crippen LogP contribution in [0.1, 0.15) is 79.5 Å². The van der Waals surface area contributed by atoms with Gasteiger partial charge in [-0.2, -0.15) is 8.42 Å². The van der Waals surface area contributed by atoms with Crippen molar-refractivity contribution in [2.75, 3.05) is 6.61 Å². The van der Waals surface area contributed by atoms with Crippen LogP contribution in [-0.4, -0.2) is 26.3 Å². The minimum atomic E-state index is -4.44. The Balaban J connectivity index is -0.00000220. The number of unbranched alkanes of at least 4 members (excludes halogenated alkanes) is 8. The third-order valence-corrected chi connectivity index (χ3v) is 4.20. The van der Waals surface area contributed by atoms with Crippen LogP contribution in [0.5, 0.6) is 0 Å². The van der Waals surface area contributed by atoms with Crippen molar-refractivity contribution in [3.8, 4) is 0 Å². The summed E-state index contributed by atoms with van der Waals surface area (Å²) in [6.45, 7) is 3.43. The van der Waals surface area contributed by atoms with Crippen LogP contribution in [-0.2, 0) is 23.8 Å². The van der Waals surface area contributed by atoms with E-state index in [1.54, 1.807) is 0 Å². The van der Waals surface area contributed by atoms with Gasteiger partial charge in [0.25, 0.3) is 0 Å². The first-order valence-corrected chi connectivity index (χ1v) is 9.49. The topological polar surface area (TPSA) is 86.7 Å². The van der Waals surface area contributed by atoms with Gasteiger partial charge in [-0.25, -0.2) is 4.79 Å². The SMILES string of the molecule is CCCCCCCCCCCC(=O)OC(=O)S(=O)(=O)OCC.[H-].[Na+]. The molecule has 0 aromatic heterocycles. The summed E-state index contributed by atoms with van der Waals surface area (Å²) in [5, 5.41) is -1.63. The summed E-state index contributed by atoms with van der Waals surface area (Å²) in [6.07, 6.45) is 9.92. The zero-order valence-corrected chi connectivity index (χ0v) is 17.5. The van der Waals surface area contributed by atoms with Crippen LogP contribution < -0.4 is 29.6 Å². The van der Waals surface area contributed by atoms with Crippen molar-refractivity contribution in [3.63, 3.8) is 0 Å². The Hall–Kier alpha value is 0.0500. The molecule has 0 heterocycles. The largest absolute Gasteiger partial charge is 1.00 e. The van der Waals surface area contributed by atoms with Crippen molar-refractivity contribution < 1.29 is 57.9 Å². The Kier molecular flexibility index (Phi) is 17.1. The predicted octanol–water partition coefficient (Wildman–Crippen LogP) is 1.05. The third kappa shape index (κ3) is 14.1. The molecule has 0 aliphatic carbocycles. The Morgan fingerprint density at radius 2 is 1.35 bits per heavy atom. The number of ether oxygens (including phenoxy) is 1. The van der Waals surface area contributed by atoms with Gasteiger partial charge in [-0.1, -0.05) is 58.3 Å². The average Bonchev–Trinajstić information content (AvgIpc) is 2.45. The van der Waals surface area contributed by atoms with Crippen LogP contribution >= 0.6 is 0 Å². The molecule has 0 fully saturated rings. The first kappa shape index (κ1) is 25.3. The summed E-state index contributed by atoms with van der Waals surface area (Å²) < 4.78 is 30.8. The summed E-state index contributed by atoms with van der Waals surface area (Å²) in [5.74, 6) is -0.823. The number of carbonyl (C=O) groups excluding carboxylic acids is 2. The summed E-state index contributed by atoms with van der Waals surface area (Å²) in [7, 11) is -4.44. The standard InChI is InChI=1S/C15H28O6S.Na.H/c1-3-5-6-7-8-9-10-11-12-13-14(16)21-15(17)22(18,19)20-4-2;;/h3-13H2,1-2H3;;/q;+1;-1. The van der Waals surface area contributed by atoms with Gasteiger partial charge in [-0.3, -0.25) is 8.98 Å². The first-order valence-electron chi connectivity index (χ1n) is 8.08. The van der Waals surface area contributed by atoms with Crippen LogP contribution in [0.25, 0.3) is 0 Å². The second kappa shape index (κ2) is 15.6. The molecule has 6 nitrogen and oxygen atoms in total. The number of carbonyl (C=O) groups is 2. The first-order chi connectivity index (χ1) is 10.4. The van der Waals surface area contributed by atoms with Crippen molar-refractivity contribution >= 4 is 21.4 Å². The van der Waals surface area contributed by atoms with Gasteiger partial charge in [0.1, 0.15) is 0 Å². The Bertz CT molecular complexity index is 428. The smallest absolute Gasteiger partial charge is 1.00 e. The van der Waals surface area contributed by atoms with Crippen LogP contribution in [0.2, 0.25) is 0 Å². The molecule has 0 aromatic rings. The Morgan fingerprint density at radius 1 is 0.870 bits per heavy atom. The molecule has 0 rings (SSSR count). The second-order valence-corrected chi connectivity index (χ2v) is 6.64. The van der Waals surface area contributed by atoms with Crippen molar-refractivity contribution in [3.05, 3.63) is 0 Å². The molecule has 0 N–H and O–H groups in total. The molecule has 0 radical (unpaired) electrons. The Morgan fingerprint density at radius 3 is 1.83 bits per heavy atom. The average molecular weight is 360 g/mol. The number of rotatable bonds is 12. The quantitative estimate of drug-likeness (QED) is 0.170. The molecule has 8 heteroatoms. The van der Waals surface area contributed by atoms with Gasteiger partial charge in [0.15, 0.2) is 0 Å². The minimum absolute atomic E-state index is 0. The van der Waals surface area contributed by atoms with Crippen LogP contribution in [0, 0.1) is 0 Å². The van der Waals surface area contributed by atoms with E-state index in [9.17, 15) is 18.0 Å². The van der Waals surface area contributed by atoms with E-state index in [0.29, 0.717) is 6.42 Å². The summed E-state index contributed by atoms with van der Waals surface area (Å²) in [6, 6.07) is 0. The number of esters is 1. The van der Waals surface area contributed by atoms with Gasteiger partial charge >= 0.3 is 50.9 Å². The monoisotopic (exact) mass is 360 g/mol. The number of hydrogen-bond acceptors (Lipinski definition) is 6. The van der Waals surface area contributed by atoms with E-state index in [0.717, 1.165) is 19.3 Å². The third-order valence-electron chi connectivity index (χ3n) is 3.16. The molecule has 0 spiro atoms. The summed E-state index contributed by atoms with van der Waals surface area (Å²) in [5.41, 5.74) is 0. The van der Waals surface area contributed by atoms with Crippen LogP contribution in [0.15, 0.2) is 0 Å². The fraction of sp³-hybridized carbons (Fsp3) is 0.867. The molecular formula is C15H29NaO6S. The van der Waals surface area contributed by atoms with Gasteiger partial charge in [-0.05, 0) is 13.3 Å². The van der Waals surface area contributed by atoms with Crippen molar-refractivity contribution in [1.82, 2.24) is 0 Å². The molecule has 0 unspecified atom stereocenters.